The lowest BCUT2D eigenvalue weighted by atomic mass is 10.1. The van der Waals surface area contributed by atoms with E-state index in [1.165, 1.54) is 51.4 Å². The minimum Gasteiger partial charge on any atom is -0.391 e. The van der Waals surface area contributed by atoms with Gasteiger partial charge in [-0.2, -0.15) is 0 Å². The van der Waals surface area contributed by atoms with Gasteiger partial charge in [0.05, 0.1) is 0 Å². The van der Waals surface area contributed by atoms with Crippen LogP contribution in [0.25, 0.3) is 0 Å². The highest BCUT2D eigenvalue weighted by atomic mass is 28.4. The Labute approximate surface area is 134 Å². The molecule has 0 saturated heterocycles. The summed E-state index contributed by atoms with van der Waals surface area (Å²) in [6, 6.07) is 0. The van der Waals surface area contributed by atoms with Crippen LogP contribution in [0.3, 0.4) is 0 Å². The normalized spacial score (nSPS) is 14.3. The standard InChI is InChI=1S/C18H38O2Si/c1-6-8-9-10-11-12-13-14-15-16-19-21(5,7-2)20-17-18(3)4/h7,18H,2,6,8-17H2,1,3-5H3. The van der Waals surface area contributed by atoms with Crippen LogP contribution in [0, 0.1) is 5.92 Å². The van der Waals surface area contributed by atoms with Gasteiger partial charge in [-0.15, -0.1) is 6.58 Å². The van der Waals surface area contributed by atoms with Crippen LogP contribution in [0.2, 0.25) is 6.55 Å². The van der Waals surface area contributed by atoms with Crippen LogP contribution >= 0.6 is 0 Å². The summed E-state index contributed by atoms with van der Waals surface area (Å²) in [5.74, 6) is 0.549. The monoisotopic (exact) mass is 314 g/mol. The topological polar surface area (TPSA) is 18.5 Å². The summed E-state index contributed by atoms with van der Waals surface area (Å²) in [5, 5.41) is 0. The highest BCUT2D eigenvalue weighted by molar-refractivity contribution is 6.71. The average Bonchev–Trinajstić information content (AvgIpc) is 2.47. The third kappa shape index (κ3) is 13.3. The van der Waals surface area contributed by atoms with Crippen LogP contribution in [0.1, 0.15) is 78.6 Å². The molecular formula is C18H38O2Si. The summed E-state index contributed by atoms with van der Waals surface area (Å²) in [4.78, 5) is 0. The first kappa shape index (κ1) is 20.9. The van der Waals surface area contributed by atoms with E-state index in [2.05, 4.69) is 33.9 Å². The molecule has 1 unspecified atom stereocenters. The van der Waals surface area contributed by atoms with E-state index in [4.69, 9.17) is 8.85 Å². The van der Waals surface area contributed by atoms with Crippen LogP contribution in [-0.4, -0.2) is 21.8 Å². The first-order valence-electron chi connectivity index (χ1n) is 8.95. The van der Waals surface area contributed by atoms with E-state index >= 15 is 0 Å². The SMILES string of the molecule is C=C[Si](C)(OCCCCCCCCCCC)OCC(C)C. The summed E-state index contributed by atoms with van der Waals surface area (Å²) in [5.41, 5.74) is 1.91. The molecule has 0 rings (SSSR count). The maximum absolute atomic E-state index is 5.99. The number of rotatable bonds is 15. The molecule has 21 heavy (non-hydrogen) atoms. The van der Waals surface area contributed by atoms with Crippen molar-refractivity contribution in [2.24, 2.45) is 5.92 Å². The van der Waals surface area contributed by atoms with Gasteiger partial charge in [0.1, 0.15) is 0 Å². The van der Waals surface area contributed by atoms with Gasteiger partial charge >= 0.3 is 8.56 Å². The molecule has 0 fully saturated rings. The lowest BCUT2D eigenvalue weighted by Crippen LogP contribution is -2.38. The fraction of sp³-hybridized carbons (Fsp3) is 0.889. The van der Waals surface area contributed by atoms with Crippen LogP contribution < -0.4 is 0 Å². The van der Waals surface area contributed by atoms with Crippen LogP contribution in [0.4, 0.5) is 0 Å². The lowest BCUT2D eigenvalue weighted by molar-refractivity contribution is 0.164. The Morgan fingerprint density at radius 2 is 1.43 bits per heavy atom. The molecule has 0 saturated carbocycles. The molecule has 0 bridgehead atoms. The van der Waals surface area contributed by atoms with Crippen LogP contribution in [-0.2, 0) is 8.85 Å². The molecule has 0 amide bonds. The molecule has 0 aliphatic carbocycles. The molecular weight excluding hydrogens is 276 g/mol. The molecule has 1 atom stereocenters. The molecule has 3 heteroatoms. The summed E-state index contributed by atoms with van der Waals surface area (Å²) < 4.78 is 11.9. The minimum atomic E-state index is -2.11. The van der Waals surface area contributed by atoms with Gasteiger partial charge in [-0.05, 0) is 24.6 Å². The van der Waals surface area contributed by atoms with Crippen LogP contribution in [0.15, 0.2) is 12.3 Å². The van der Waals surface area contributed by atoms with Gasteiger partial charge in [-0.1, -0.05) is 72.1 Å². The van der Waals surface area contributed by atoms with Crippen molar-refractivity contribution in [3.05, 3.63) is 12.3 Å². The van der Waals surface area contributed by atoms with Crippen LogP contribution in [0.5, 0.6) is 0 Å². The van der Waals surface area contributed by atoms with E-state index in [1.54, 1.807) is 0 Å². The van der Waals surface area contributed by atoms with Gasteiger partial charge in [0.2, 0.25) is 0 Å². The zero-order chi connectivity index (χ0) is 16.0. The van der Waals surface area contributed by atoms with Gasteiger partial charge in [-0.25, -0.2) is 0 Å². The smallest absolute Gasteiger partial charge is 0.361 e. The third-order valence-corrected chi connectivity index (χ3v) is 5.97. The van der Waals surface area contributed by atoms with Crippen molar-refractivity contribution in [3.63, 3.8) is 0 Å². The van der Waals surface area contributed by atoms with E-state index in [-0.39, 0.29) is 0 Å². The van der Waals surface area contributed by atoms with Gasteiger partial charge in [0.15, 0.2) is 0 Å². The van der Waals surface area contributed by atoms with Crippen molar-refractivity contribution >= 4 is 8.56 Å². The van der Waals surface area contributed by atoms with Crippen molar-refractivity contribution < 1.29 is 8.85 Å². The highest BCUT2D eigenvalue weighted by Crippen LogP contribution is 2.13. The zero-order valence-electron chi connectivity index (χ0n) is 15.0. The Bertz CT molecular complexity index is 243. The van der Waals surface area contributed by atoms with Gasteiger partial charge in [-0.3, -0.25) is 0 Å². The van der Waals surface area contributed by atoms with E-state index in [0.29, 0.717) is 5.92 Å². The molecule has 0 radical (unpaired) electrons. The summed E-state index contributed by atoms with van der Waals surface area (Å²) in [7, 11) is -2.11. The Hall–Kier alpha value is -0.123. The second kappa shape index (κ2) is 13.5. The van der Waals surface area contributed by atoms with E-state index < -0.39 is 8.56 Å². The Morgan fingerprint density at radius 1 is 0.905 bits per heavy atom. The maximum Gasteiger partial charge on any atom is 0.361 e. The predicted molar refractivity (Wildman–Crippen MR) is 95.8 cm³/mol. The first-order valence-corrected chi connectivity index (χ1v) is 11.3. The minimum absolute atomic E-state index is 0.549. The molecule has 0 heterocycles. The summed E-state index contributed by atoms with van der Waals surface area (Å²) >= 11 is 0. The van der Waals surface area contributed by atoms with Crippen molar-refractivity contribution in [2.45, 2.75) is 85.1 Å². The van der Waals surface area contributed by atoms with Gasteiger partial charge in [0.25, 0.3) is 0 Å². The second-order valence-electron chi connectivity index (χ2n) is 6.60. The van der Waals surface area contributed by atoms with Crippen molar-refractivity contribution in [1.29, 1.82) is 0 Å². The maximum atomic E-state index is 5.99. The molecule has 0 aromatic carbocycles. The fourth-order valence-electron chi connectivity index (χ4n) is 2.18. The molecule has 0 N–H and O–H groups in total. The van der Waals surface area contributed by atoms with Gasteiger partial charge in [0, 0.05) is 13.2 Å². The Balaban J connectivity index is 3.48. The second-order valence-corrected chi connectivity index (χ2v) is 9.62. The number of hydrogen-bond donors (Lipinski definition) is 0. The molecule has 0 aromatic heterocycles. The molecule has 0 aliphatic heterocycles. The number of unbranched alkanes of at least 4 members (excludes halogenated alkanes) is 8. The highest BCUT2D eigenvalue weighted by Gasteiger charge is 2.27. The van der Waals surface area contributed by atoms with Gasteiger partial charge < -0.3 is 8.85 Å². The molecule has 0 spiro atoms. The molecule has 2 nitrogen and oxygen atoms in total. The zero-order valence-corrected chi connectivity index (χ0v) is 16.0. The average molecular weight is 315 g/mol. The first-order chi connectivity index (χ1) is 10.0. The predicted octanol–water partition coefficient (Wildman–Crippen LogP) is 6.00. The van der Waals surface area contributed by atoms with Crippen molar-refractivity contribution in [2.75, 3.05) is 13.2 Å². The molecule has 0 aliphatic rings. The molecule has 126 valence electrons. The van der Waals surface area contributed by atoms with Crippen molar-refractivity contribution in [1.82, 2.24) is 0 Å². The quantitative estimate of drug-likeness (QED) is 0.272. The summed E-state index contributed by atoms with van der Waals surface area (Å²) in [6.07, 6.45) is 12.1. The Kier molecular flexibility index (Phi) is 13.5. The van der Waals surface area contributed by atoms with E-state index in [0.717, 1.165) is 19.6 Å². The Morgan fingerprint density at radius 3 is 1.90 bits per heavy atom. The third-order valence-electron chi connectivity index (χ3n) is 3.71. The molecule has 0 aromatic rings. The van der Waals surface area contributed by atoms with E-state index in [1.807, 2.05) is 5.70 Å². The van der Waals surface area contributed by atoms with Crippen molar-refractivity contribution in [3.8, 4) is 0 Å². The summed E-state index contributed by atoms with van der Waals surface area (Å²) in [6.45, 7) is 14.2. The lowest BCUT2D eigenvalue weighted by Gasteiger charge is -2.24. The fourth-order valence-corrected chi connectivity index (χ4v) is 3.71. The largest absolute Gasteiger partial charge is 0.391 e. The van der Waals surface area contributed by atoms with E-state index in [9.17, 15) is 0 Å². The number of hydrogen-bond acceptors (Lipinski definition) is 2.